The largest absolute Gasteiger partial charge is 0.461 e. The van der Waals surface area contributed by atoms with Crippen LogP contribution in [-0.2, 0) is 33.5 Å². The Kier molecular flexibility index (Phi) is 15.9. The number of piperidine rings is 1. The predicted octanol–water partition coefficient (Wildman–Crippen LogP) is 3.13. The molecule has 7 amide bonds. The molecule has 6 rings (SSSR count). The van der Waals surface area contributed by atoms with Crippen molar-refractivity contribution >= 4 is 58.8 Å². The number of rotatable bonds is 3. The van der Waals surface area contributed by atoms with Crippen molar-refractivity contribution in [2.24, 2.45) is 5.73 Å². The molecule has 16 heteroatoms. The van der Waals surface area contributed by atoms with Crippen molar-refractivity contribution in [3.05, 3.63) is 65.2 Å². The van der Waals surface area contributed by atoms with Crippen LogP contribution in [0.25, 0.3) is 0 Å². The molecule has 4 aliphatic heterocycles. The van der Waals surface area contributed by atoms with Crippen molar-refractivity contribution in [2.45, 2.75) is 102 Å². The lowest BCUT2D eigenvalue weighted by Gasteiger charge is -2.38. The SMILES string of the molecule is CC1CC(=O)N2CCCC2C(=O)N2CCCCC2C(=O)NC(C)C(=O)N2CCCC2C(=O)O1.Cc1ccccc1.NC(=O)CNC(=O)Nc1ccccc1Cl. The summed E-state index contributed by atoms with van der Waals surface area (Å²) in [6.07, 6.45) is 3.88. The van der Waals surface area contributed by atoms with Crippen LogP contribution in [0.4, 0.5) is 10.5 Å². The summed E-state index contributed by atoms with van der Waals surface area (Å²) in [5.74, 6) is -2.28. The highest BCUT2D eigenvalue weighted by Crippen LogP contribution is 2.27. The van der Waals surface area contributed by atoms with Gasteiger partial charge in [-0.05, 0) is 77.8 Å². The second-order valence-electron chi connectivity index (χ2n) is 14.1. The maximum Gasteiger partial charge on any atom is 0.329 e. The van der Waals surface area contributed by atoms with Gasteiger partial charge in [-0.15, -0.1) is 0 Å². The zero-order valence-electron chi connectivity index (χ0n) is 31.6. The number of cyclic esters (lactones) is 1. The summed E-state index contributed by atoms with van der Waals surface area (Å²) in [6.45, 7) is 6.49. The Balaban J connectivity index is 0.000000250. The lowest BCUT2D eigenvalue weighted by atomic mass is 9.99. The molecule has 4 aliphatic rings. The summed E-state index contributed by atoms with van der Waals surface area (Å²) >= 11 is 5.80. The predicted molar refractivity (Wildman–Crippen MR) is 205 cm³/mol. The molecule has 2 aromatic rings. The number of nitrogens with one attached hydrogen (secondary N) is 3. The van der Waals surface area contributed by atoms with Crippen LogP contribution in [0, 0.1) is 6.92 Å². The molecule has 4 heterocycles. The first kappa shape index (κ1) is 42.6. The quantitative estimate of drug-likeness (QED) is 0.341. The van der Waals surface area contributed by atoms with Crippen LogP contribution in [0.5, 0.6) is 0 Å². The van der Waals surface area contributed by atoms with Gasteiger partial charge in [-0.2, -0.15) is 0 Å². The number of primary amides is 1. The van der Waals surface area contributed by atoms with Crippen molar-refractivity contribution in [2.75, 3.05) is 31.5 Å². The summed E-state index contributed by atoms with van der Waals surface area (Å²) < 4.78 is 5.54. The third-order valence-electron chi connectivity index (χ3n) is 9.75. The van der Waals surface area contributed by atoms with E-state index >= 15 is 0 Å². The van der Waals surface area contributed by atoms with Crippen molar-refractivity contribution < 1.29 is 38.3 Å². The van der Waals surface area contributed by atoms with Crippen LogP contribution < -0.4 is 21.7 Å². The third-order valence-corrected chi connectivity index (χ3v) is 10.1. The van der Waals surface area contributed by atoms with Crippen molar-refractivity contribution in [1.29, 1.82) is 0 Å². The summed E-state index contributed by atoms with van der Waals surface area (Å²) in [5.41, 5.74) is 6.65. The smallest absolute Gasteiger partial charge is 0.329 e. The highest BCUT2D eigenvalue weighted by atomic mass is 35.5. The van der Waals surface area contributed by atoms with E-state index in [1.165, 1.54) is 10.5 Å². The van der Waals surface area contributed by atoms with Crippen molar-refractivity contribution in [3.63, 3.8) is 0 Å². The average molecular weight is 782 g/mol. The Bertz CT molecular complexity index is 1690. The van der Waals surface area contributed by atoms with Gasteiger partial charge in [-0.25, -0.2) is 9.59 Å². The van der Waals surface area contributed by atoms with Crippen LogP contribution in [-0.4, -0.2) is 113 Å². The summed E-state index contributed by atoms with van der Waals surface area (Å²) in [4.78, 5) is 91.7. The molecular weight excluding hydrogens is 730 g/mol. The van der Waals surface area contributed by atoms with Gasteiger partial charge in [0.25, 0.3) is 0 Å². The normalized spacial score (nSPS) is 24.4. The zero-order valence-corrected chi connectivity index (χ0v) is 32.4. The molecule has 0 bridgehead atoms. The highest BCUT2D eigenvalue weighted by Gasteiger charge is 2.43. The molecule has 5 atom stereocenters. The van der Waals surface area contributed by atoms with Gasteiger partial charge in [0.15, 0.2) is 0 Å². The Labute approximate surface area is 326 Å². The van der Waals surface area contributed by atoms with E-state index in [0.29, 0.717) is 62.4 Å². The fraction of sp³-hybridized carbons (Fsp3) is 0.513. The standard InChI is InChI=1S/C23H34N4O6.C9H10ClN3O2.C7H8/c1-14-13-19(28)25-11-5-8-17(25)22(31)26-10-4-3-7-16(26)20(29)24-15(2)21(30)27-12-6-9-18(27)23(32)33-14;10-6-3-1-2-4-7(6)13-9(15)12-5-8(11)14;1-7-5-3-2-4-6-7/h14-18H,3-13H2,1-2H3,(H,24,29);1-4H,5H2,(H2,11,14)(H2,12,13,15);2-6H,1H3. The number of para-hydroxylation sites is 1. The number of esters is 1. The molecule has 15 nitrogen and oxygen atoms in total. The van der Waals surface area contributed by atoms with Gasteiger partial charge < -0.3 is 41.1 Å². The Hall–Kier alpha value is -5.18. The van der Waals surface area contributed by atoms with Gasteiger partial charge in [-0.3, -0.25) is 24.0 Å². The molecule has 5 unspecified atom stereocenters. The molecule has 0 radical (unpaired) electrons. The van der Waals surface area contributed by atoms with Gasteiger partial charge in [0, 0.05) is 19.6 Å². The molecule has 4 fully saturated rings. The second kappa shape index (κ2) is 20.5. The number of carbonyl (C=O) groups excluding carboxylic acids is 7. The number of hydrogen-bond acceptors (Lipinski definition) is 8. The first-order chi connectivity index (χ1) is 26.3. The van der Waals surface area contributed by atoms with Crippen LogP contribution >= 0.6 is 11.6 Å². The number of amides is 7. The molecule has 4 saturated heterocycles. The first-order valence-corrected chi connectivity index (χ1v) is 19.1. The fourth-order valence-corrected chi connectivity index (χ4v) is 7.17. The Morgan fingerprint density at radius 1 is 0.800 bits per heavy atom. The van der Waals surface area contributed by atoms with Gasteiger partial charge in [0.1, 0.15) is 30.3 Å². The van der Waals surface area contributed by atoms with E-state index in [0.717, 1.165) is 12.8 Å². The lowest BCUT2D eigenvalue weighted by molar-refractivity contribution is -0.160. The number of halogens is 1. The molecule has 5 N–H and O–H groups in total. The average Bonchev–Trinajstić information content (AvgIpc) is 3.86. The van der Waals surface area contributed by atoms with Gasteiger partial charge in [0.05, 0.1) is 23.7 Å². The van der Waals surface area contributed by atoms with Crippen LogP contribution in [0.15, 0.2) is 54.6 Å². The molecule has 0 saturated carbocycles. The number of carbonyl (C=O) groups is 7. The topological polar surface area (TPSA) is 201 Å². The molecule has 2 aromatic carbocycles. The van der Waals surface area contributed by atoms with E-state index in [1.54, 1.807) is 47.9 Å². The maximum absolute atomic E-state index is 13.5. The number of aryl methyl sites for hydroxylation is 1. The molecule has 298 valence electrons. The van der Waals surface area contributed by atoms with E-state index in [9.17, 15) is 33.6 Å². The second-order valence-corrected chi connectivity index (χ2v) is 14.5. The summed E-state index contributed by atoms with van der Waals surface area (Å²) in [5, 5.41) is 7.95. The molecule has 0 aromatic heterocycles. The highest BCUT2D eigenvalue weighted by molar-refractivity contribution is 6.33. The first-order valence-electron chi connectivity index (χ1n) is 18.8. The monoisotopic (exact) mass is 781 g/mol. The lowest BCUT2D eigenvalue weighted by Crippen LogP contribution is -2.59. The van der Waals surface area contributed by atoms with Crippen LogP contribution in [0.2, 0.25) is 5.02 Å². The van der Waals surface area contributed by atoms with E-state index < -0.39 is 48.2 Å². The number of fused-ring (bicyclic) bond motifs is 3. The fourth-order valence-electron chi connectivity index (χ4n) is 6.99. The number of hydrogen-bond donors (Lipinski definition) is 4. The maximum atomic E-state index is 13.5. The summed E-state index contributed by atoms with van der Waals surface area (Å²) in [6, 6.07) is 13.7. The number of nitrogens with two attached hydrogens (primary N) is 1. The molecular formula is C39H52ClN7O8. The van der Waals surface area contributed by atoms with E-state index in [4.69, 9.17) is 22.1 Å². The number of benzene rings is 2. The molecule has 0 aliphatic carbocycles. The van der Waals surface area contributed by atoms with Crippen molar-refractivity contribution in [1.82, 2.24) is 25.3 Å². The minimum atomic E-state index is -0.820. The number of ether oxygens (including phenoxy) is 1. The molecule has 55 heavy (non-hydrogen) atoms. The van der Waals surface area contributed by atoms with Gasteiger partial charge in [0.2, 0.25) is 29.5 Å². The Morgan fingerprint density at radius 2 is 1.40 bits per heavy atom. The van der Waals surface area contributed by atoms with Crippen molar-refractivity contribution in [3.8, 4) is 0 Å². The zero-order chi connectivity index (χ0) is 40.1. The Morgan fingerprint density at radius 3 is 2.05 bits per heavy atom. The minimum absolute atomic E-state index is 0.0174. The van der Waals surface area contributed by atoms with E-state index in [2.05, 4.69) is 35.0 Å². The molecule has 0 spiro atoms. The van der Waals surface area contributed by atoms with Crippen LogP contribution in [0.1, 0.15) is 70.8 Å². The number of nitrogens with zero attached hydrogens (tertiary/aromatic N) is 3. The van der Waals surface area contributed by atoms with Gasteiger partial charge in [-0.1, -0.05) is 59.6 Å². The third kappa shape index (κ3) is 12.2. The van der Waals surface area contributed by atoms with E-state index in [1.807, 2.05) is 18.2 Å². The number of urea groups is 1. The summed E-state index contributed by atoms with van der Waals surface area (Å²) in [7, 11) is 0. The van der Waals surface area contributed by atoms with E-state index in [-0.39, 0.29) is 36.6 Å². The van der Waals surface area contributed by atoms with Crippen LogP contribution in [0.3, 0.4) is 0 Å². The minimum Gasteiger partial charge on any atom is -0.461 e. The van der Waals surface area contributed by atoms with Gasteiger partial charge >= 0.3 is 12.0 Å². The number of anilines is 1.